The molecule has 0 radical (unpaired) electrons. The van der Waals surface area contributed by atoms with E-state index in [0.29, 0.717) is 38.5 Å². The van der Waals surface area contributed by atoms with Gasteiger partial charge in [-0.1, -0.05) is 13.8 Å². The number of aromatic nitrogens is 1. The maximum Gasteiger partial charge on any atom is 0.327 e. The van der Waals surface area contributed by atoms with Crippen molar-refractivity contribution >= 4 is 17.8 Å². The molecule has 3 fully saturated rings. The van der Waals surface area contributed by atoms with Crippen molar-refractivity contribution in [1.29, 1.82) is 0 Å². The number of likely N-dealkylation sites (N-methyl/N-ethyl adjacent to an activating group) is 1. The molecule has 27 heavy (non-hydrogen) atoms. The summed E-state index contributed by atoms with van der Waals surface area (Å²) < 4.78 is 2.08. The smallest absolute Gasteiger partial charge is 0.327 e. The monoisotopic (exact) mass is 372 g/mol. The molecule has 4 rings (SSSR count). The molecule has 1 saturated carbocycles. The van der Waals surface area contributed by atoms with Crippen molar-refractivity contribution in [3.05, 3.63) is 24.0 Å². The van der Waals surface area contributed by atoms with E-state index in [4.69, 9.17) is 0 Å². The third kappa shape index (κ3) is 2.84. The lowest BCUT2D eigenvalue weighted by molar-refractivity contribution is -0.134. The van der Waals surface area contributed by atoms with Gasteiger partial charge >= 0.3 is 6.03 Å². The molecule has 1 aliphatic carbocycles. The molecule has 146 valence electrons. The van der Waals surface area contributed by atoms with Gasteiger partial charge in [0.1, 0.15) is 11.2 Å². The van der Waals surface area contributed by atoms with Crippen molar-refractivity contribution in [1.82, 2.24) is 19.3 Å². The highest BCUT2D eigenvalue weighted by atomic mass is 16.2. The summed E-state index contributed by atoms with van der Waals surface area (Å²) in [6, 6.07) is 4.05. The molecule has 0 aromatic carbocycles. The lowest BCUT2D eigenvalue weighted by Gasteiger charge is -2.42. The van der Waals surface area contributed by atoms with Crippen LogP contribution in [0.25, 0.3) is 0 Å². The van der Waals surface area contributed by atoms with Gasteiger partial charge in [-0.3, -0.25) is 14.5 Å². The van der Waals surface area contributed by atoms with E-state index in [1.807, 2.05) is 23.2 Å². The predicted molar refractivity (Wildman–Crippen MR) is 100 cm³/mol. The second-order valence-electron chi connectivity index (χ2n) is 8.51. The van der Waals surface area contributed by atoms with Crippen LogP contribution in [-0.4, -0.2) is 69.3 Å². The zero-order valence-electron chi connectivity index (χ0n) is 16.4. The number of amides is 4. The van der Waals surface area contributed by atoms with E-state index in [-0.39, 0.29) is 23.8 Å². The molecule has 0 unspecified atom stereocenters. The third-order valence-electron chi connectivity index (χ3n) is 6.10. The number of carbonyl (C=O) groups excluding carboxylic acids is 3. The zero-order valence-corrected chi connectivity index (χ0v) is 16.4. The summed E-state index contributed by atoms with van der Waals surface area (Å²) in [6.45, 7) is 5.66. The van der Waals surface area contributed by atoms with Crippen LogP contribution in [0, 0.1) is 5.92 Å². The number of hydrogen-bond acceptors (Lipinski definition) is 3. The maximum atomic E-state index is 13.0. The molecular weight excluding hydrogens is 344 g/mol. The predicted octanol–water partition coefficient (Wildman–Crippen LogP) is 2.35. The van der Waals surface area contributed by atoms with Gasteiger partial charge < -0.3 is 14.4 Å². The fourth-order valence-corrected chi connectivity index (χ4v) is 4.47. The number of carbonyl (C=O) groups is 3. The van der Waals surface area contributed by atoms with Gasteiger partial charge in [-0.15, -0.1) is 0 Å². The Balaban J connectivity index is 1.51. The van der Waals surface area contributed by atoms with Crippen molar-refractivity contribution < 1.29 is 14.4 Å². The average Bonchev–Trinajstić information content (AvgIpc) is 3.36. The summed E-state index contributed by atoms with van der Waals surface area (Å²) in [5.41, 5.74) is -0.0517. The number of rotatable bonds is 4. The number of hydrogen-bond donors (Lipinski definition) is 0. The Morgan fingerprint density at radius 1 is 1.22 bits per heavy atom. The first-order valence-corrected chi connectivity index (χ1v) is 9.91. The topological polar surface area (TPSA) is 65.9 Å². The zero-order chi connectivity index (χ0) is 19.3. The Morgan fingerprint density at radius 3 is 2.48 bits per heavy atom. The molecule has 0 bridgehead atoms. The first-order valence-electron chi connectivity index (χ1n) is 9.91. The summed E-state index contributed by atoms with van der Waals surface area (Å²) >= 11 is 0. The van der Waals surface area contributed by atoms with Gasteiger partial charge in [0, 0.05) is 38.9 Å². The van der Waals surface area contributed by atoms with Crippen LogP contribution in [0.1, 0.15) is 56.1 Å². The molecule has 0 atom stereocenters. The van der Waals surface area contributed by atoms with Crippen LogP contribution >= 0.6 is 0 Å². The minimum atomic E-state index is -0.786. The van der Waals surface area contributed by atoms with Crippen molar-refractivity contribution in [2.45, 2.75) is 51.1 Å². The summed E-state index contributed by atoms with van der Waals surface area (Å²) in [5, 5.41) is 0. The van der Waals surface area contributed by atoms with E-state index < -0.39 is 5.54 Å². The Kier molecular flexibility index (Phi) is 4.28. The van der Waals surface area contributed by atoms with E-state index in [1.54, 1.807) is 11.9 Å². The molecular formula is C20H28N4O3. The van der Waals surface area contributed by atoms with Crippen molar-refractivity contribution in [2.24, 2.45) is 5.92 Å². The number of piperidine rings is 1. The van der Waals surface area contributed by atoms with Gasteiger partial charge in [0.05, 0.1) is 0 Å². The normalized spacial score (nSPS) is 22.4. The minimum Gasteiger partial charge on any atom is -0.340 e. The molecule has 1 aromatic heterocycles. The minimum absolute atomic E-state index is 0.0299. The summed E-state index contributed by atoms with van der Waals surface area (Å²) in [7, 11) is 1.56. The Morgan fingerprint density at radius 2 is 1.89 bits per heavy atom. The van der Waals surface area contributed by atoms with Crippen LogP contribution in [0.5, 0.6) is 0 Å². The Hall–Kier alpha value is -2.31. The SMILES string of the molecule is CC(C)CN1C(=O)N(C)C(=O)C12CCN(C(=O)c1cccn1C1CC1)CC2. The van der Waals surface area contributed by atoms with Gasteiger partial charge in [-0.25, -0.2) is 4.79 Å². The number of likely N-dealkylation sites (tertiary alicyclic amines) is 1. The maximum absolute atomic E-state index is 13.0. The van der Waals surface area contributed by atoms with E-state index in [0.717, 1.165) is 18.5 Å². The average molecular weight is 372 g/mol. The lowest BCUT2D eigenvalue weighted by Crippen LogP contribution is -2.58. The molecule has 1 aromatic rings. The fourth-order valence-electron chi connectivity index (χ4n) is 4.47. The standard InChI is InChI=1S/C20H28N4O3/c1-14(2)13-24-19(27)21(3)18(26)20(24)8-11-22(12-9-20)17(25)16-5-4-10-23(16)15-6-7-15/h4-5,10,14-15H,6-9,11-13H2,1-3H3. The first kappa shape index (κ1) is 18.1. The quantitative estimate of drug-likeness (QED) is 0.762. The second-order valence-corrected chi connectivity index (χ2v) is 8.51. The van der Waals surface area contributed by atoms with E-state index in [9.17, 15) is 14.4 Å². The molecule has 2 saturated heterocycles. The highest BCUT2D eigenvalue weighted by Gasteiger charge is 2.57. The molecule has 3 heterocycles. The Labute approximate surface area is 159 Å². The molecule has 4 amide bonds. The number of imide groups is 1. The summed E-state index contributed by atoms with van der Waals surface area (Å²) in [4.78, 5) is 43.3. The van der Waals surface area contributed by atoms with E-state index in [2.05, 4.69) is 18.4 Å². The van der Waals surface area contributed by atoms with Crippen molar-refractivity contribution in [2.75, 3.05) is 26.7 Å². The molecule has 2 aliphatic heterocycles. The fraction of sp³-hybridized carbons (Fsp3) is 0.650. The van der Waals surface area contributed by atoms with Crippen LogP contribution < -0.4 is 0 Å². The van der Waals surface area contributed by atoms with Crippen molar-refractivity contribution in [3.63, 3.8) is 0 Å². The third-order valence-corrected chi connectivity index (χ3v) is 6.10. The van der Waals surface area contributed by atoms with Gasteiger partial charge in [-0.05, 0) is 43.7 Å². The van der Waals surface area contributed by atoms with Gasteiger partial charge in [0.2, 0.25) is 0 Å². The van der Waals surface area contributed by atoms with Gasteiger partial charge in [0.15, 0.2) is 0 Å². The highest BCUT2D eigenvalue weighted by molar-refractivity contribution is 6.07. The van der Waals surface area contributed by atoms with Crippen LogP contribution in [0.2, 0.25) is 0 Å². The number of nitrogens with zero attached hydrogens (tertiary/aromatic N) is 4. The van der Waals surface area contributed by atoms with Crippen LogP contribution in [0.15, 0.2) is 18.3 Å². The molecule has 1 spiro atoms. The van der Waals surface area contributed by atoms with Crippen LogP contribution in [0.4, 0.5) is 4.79 Å². The second kappa shape index (κ2) is 6.39. The van der Waals surface area contributed by atoms with Crippen LogP contribution in [0.3, 0.4) is 0 Å². The lowest BCUT2D eigenvalue weighted by atomic mass is 9.85. The molecule has 7 nitrogen and oxygen atoms in total. The Bertz CT molecular complexity index is 772. The molecule has 7 heteroatoms. The molecule has 3 aliphatic rings. The first-order chi connectivity index (χ1) is 12.8. The summed E-state index contributed by atoms with van der Waals surface area (Å²) in [6.07, 6.45) is 5.25. The molecule has 0 N–H and O–H groups in total. The van der Waals surface area contributed by atoms with Gasteiger partial charge in [-0.2, -0.15) is 0 Å². The van der Waals surface area contributed by atoms with Crippen LogP contribution in [-0.2, 0) is 4.79 Å². The highest BCUT2D eigenvalue weighted by Crippen LogP contribution is 2.39. The van der Waals surface area contributed by atoms with E-state index >= 15 is 0 Å². The number of urea groups is 1. The van der Waals surface area contributed by atoms with Crippen molar-refractivity contribution in [3.8, 4) is 0 Å². The van der Waals surface area contributed by atoms with E-state index in [1.165, 1.54) is 4.90 Å². The summed E-state index contributed by atoms with van der Waals surface area (Å²) in [5.74, 6) is 0.190. The van der Waals surface area contributed by atoms with Gasteiger partial charge in [0.25, 0.3) is 11.8 Å². The largest absolute Gasteiger partial charge is 0.340 e.